The first kappa shape index (κ1) is 16.4. The molecule has 0 radical (unpaired) electrons. The van der Waals surface area contributed by atoms with Crippen LogP contribution in [0.15, 0.2) is 23.1 Å². The molecule has 0 saturated heterocycles. The third-order valence-corrected chi connectivity index (χ3v) is 3.93. The molecule has 0 saturated carbocycles. The molecule has 1 unspecified atom stereocenters. The van der Waals surface area contributed by atoms with Crippen molar-refractivity contribution in [2.24, 2.45) is 0 Å². The lowest BCUT2D eigenvalue weighted by molar-refractivity contribution is -0.146. The molecule has 0 fully saturated rings. The Morgan fingerprint density at radius 3 is 2.60 bits per heavy atom. The highest BCUT2D eigenvalue weighted by Crippen LogP contribution is 2.21. The van der Waals surface area contributed by atoms with E-state index in [0.29, 0.717) is 17.9 Å². The first-order valence-electron chi connectivity index (χ1n) is 5.92. The minimum atomic E-state index is -3.87. The number of aliphatic hydroxyl groups is 1. The van der Waals surface area contributed by atoms with E-state index in [2.05, 4.69) is 0 Å². The number of aryl methyl sites for hydroxylation is 1. The number of nitrogens with one attached hydrogen (secondary N) is 1. The van der Waals surface area contributed by atoms with Crippen molar-refractivity contribution in [2.45, 2.75) is 24.8 Å². The molecular weight excluding hydrogens is 286 g/mol. The summed E-state index contributed by atoms with van der Waals surface area (Å²) >= 11 is 0. The summed E-state index contributed by atoms with van der Waals surface area (Å²) in [4.78, 5) is 10.4. The van der Waals surface area contributed by atoms with Crippen molar-refractivity contribution in [3.8, 4) is 5.75 Å². The number of hydrogen-bond donors (Lipinski definition) is 3. The number of sulfonamides is 1. The van der Waals surface area contributed by atoms with Gasteiger partial charge in [-0.3, -0.25) is 0 Å². The van der Waals surface area contributed by atoms with E-state index < -0.39 is 28.6 Å². The smallest absolute Gasteiger partial charge is 0.333 e. The van der Waals surface area contributed by atoms with Gasteiger partial charge in [-0.1, -0.05) is 0 Å². The Morgan fingerprint density at radius 2 is 2.10 bits per heavy atom. The van der Waals surface area contributed by atoms with Gasteiger partial charge in [-0.2, -0.15) is 0 Å². The minimum Gasteiger partial charge on any atom is -0.494 e. The third-order valence-electron chi connectivity index (χ3n) is 2.51. The number of carboxylic acid groups (broad SMARTS) is 1. The van der Waals surface area contributed by atoms with Gasteiger partial charge in [0.1, 0.15) is 5.75 Å². The van der Waals surface area contributed by atoms with Gasteiger partial charge in [0.25, 0.3) is 0 Å². The van der Waals surface area contributed by atoms with Crippen molar-refractivity contribution in [1.29, 1.82) is 0 Å². The molecule has 20 heavy (non-hydrogen) atoms. The monoisotopic (exact) mass is 303 g/mol. The van der Waals surface area contributed by atoms with E-state index in [-0.39, 0.29) is 4.90 Å². The molecule has 1 aromatic rings. The molecule has 8 heteroatoms. The largest absolute Gasteiger partial charge is 0.494 e. The summed E-state index contributed by atoms with van der Waals surface area (Å²) in [5, 5.41) is 17.5. The Balaban J connectivity index is 2.88. The molecule has 0 aliphatic rings. The van der Waals surface area contributed by atoms with Crippen LogP contribution in [-0.4, -0.2) is 43.9 Å². The van der Waals surface area contributed by atoms with E-state index in [4.69, 9.17) is 14.9 Å². The second-order valence-corrected chi connectivity index (χ2v) is 5.83. The molecule has 0 amide bonds. The number of benzene rings is 1. The fourth-order valence-electron chi connectivity index (χ4n) is 1.47. The van der Waals surface area contributed by atoms with E-state index in [1.165, 1.54) is 18.2 Å². The molecule has 3 N–H and O–H groups in total. The molecular formula is C12H17NO6S. The van der Waals surface area contributed by atoms with Crippen molar-refractivity contribution in [1.82, 2.24) is 4.72 Å². The number of hydrogen-bond acceptors (Lipinski definition) is 5. The summed E-state index contributed by atoms with van der Waals surface area (Å²) in [5.41, 5.74) is 0.647. The first-order valence-corrected chi connectivity index (χ1v) is 7.40. The topological polar surface area (TPSA) is 113 Å². The Bertz CT molecular complexity index is 584. The molecule has 1 rings (SSSR count). The van der Waals surface area contributed by atoms with Crippen LogP contribution in [0.25, 0.3) is 0 Å². The molecule has 7 nitrogen and oxygen atoms in total. The van der Waals surface area contributed by atoms with Crippen LogP contribution in [0.2, 0.25) is 0 Å². The number of carboxylic acids is 1. The Labute approximate surface area is 117 Å². The molecule has 0 aliphatic carbocycles. The molecule has 1 aromatic carbocycles. The van der Waals surface area contributed by atoms with Gasteiger partial charge in [0.15, 0.2) is 6.10 Å². The van der Waals surface area contributed by atoms with Gasteiger partial charge in [-0.05, 0) is 37.6 Å². The standard InChI is InChI=1S/C12H17NO6S/c1-3-19-11-5-4-9(6-8(11)2)20(17,18)13-7-10(14)12(15)16/h4-6,10,13-14H,3,7H2,1-2H3,(H,15,16). The van der Waals surface area contributed by atoms with Gasteiger partial charge in [0.2, 0.25) is 10.0 Å². The minimum absolute atomic E-state index is 0.0176. The molecule has 112 valence electrons. The second-order valence-electron chi connectivity index (χ2n) is 4.07. The molecule has 0 aliphatic heterocycles. The maximum atomic E-state index is 11.9. The third kappa shape index (κ3) is 4.19. The number of rotatable bonds is 7. The van der Waals surface area contributed by atoms with E-state index in [1.807, 2.05) is 11.6 Å². The lowest BCUT2D eigenvalue weighted by Crippen LogP contribution is -2.36. The average molecular weight is 303 g/mol. The average Bonchev–Trinajstić information content (AvgIpc) is 2.38. The van der Waals surface area contributed by atoms with Gasteiger partial charge in [-0.15, -0.1) is 0 Å². The van der Waals surface area contributed by atoms with Gasteiger partial charge in [-0.25, -0.2) is 17.9 Å². The van der Waals surface area contributed by atoms with Crippen LogP contribution in [0.3, 0.4) is 0 Å². The summed E-state index contributed by atoms with van der Waals surface area (Å²) in [5.74, 6) is -0.910. The van der Waals surface area contributed by atoms with Gasteiger partial charge < -0.3 is 14.9 Å². The zero-order valence-corrected chi connectivity index (χ0v) is 12.0. The normalized spacial score (nSPS) is 12.9. The number of carbonyl (C=O) groups is 1. The second kappa shape index (κ2) is 6.69. The zero-order chi connectivity index (χ0) is 15.3. The fourth-order valence-corrected chi connectivity index (χ4v) is 2.59. The lowest BCUT2D eigenvalue weighted by Gasteiger charge is -2.11. The molecule has 0 aromatic heterocycles. The maximum absolute atomic E-state index is 11.9. The summed E-state index contributed by atoms with van der Waals surface area (Å²) in [7, 11) is -3.87. The van der Waals surface area contributed by atoms with Crippen LogP contribution in [0.1, 0.15) is 12.5 Å². The predicted octanol–water partition coefficient (Wildman–Crippen LogP) is 0.118. The van der Waals surface area contributed by atoms with E-state index >= 15 is 0 Å². The number of aliphatic carboxylic acids is 1. The van der Waals surface area contributed by atoms with Crippen LogP contribution in [0, 0.1) is 6.92 Å². The highest BCUT2D eigenvalue weighted by Gasteiger charge is 2.20. The summed E-state index contributed by atoms with van der Waals surface area (Å²) in [6.07, 6.45) is -1.78. The Hall–Kier alpha value is -1.64. The van der Waals surface area contributed by atoms with E-state index in [0.717, 1.165) is 0 Å². The van der Waals surface area contributed by atoms with Crippen LogP contribution in [0.4, 0.5) is 0 Å². The summed E-state index contributed by atoms with van der Waals surface area (Å²) in [6, 6.07) is 4.30. The zero-order valence-electron chi connectivity index (χ0n) is 11.2. The van der Waals surface area contributed by atoms with Crippen molar-refractivity contribution in [3.63, 3.8) is 0 Å². The predicted molar refractivity (Wildman–Crippen MR) is 71.2 cm³/mol. The van der Waals surface area contributed by atoms with Crippen molar-refractivity contribution >= 4 is 16.0 Å². The van der Waals surface area contributed by atoms with Gasteiger partial charge in [0, 0.05) is 6.54 Å². The van der Waals surface area contributed by atoms with Crippen LogP contribution in [0.5, 0.6) is 5.75 Å². The molecule has 0 heterocycles. The van der Waals surface area contributed by atoms with Gasteiger partial charge >= 0.3 is 5.97 Å². The van der Waals surface area contributed by atoms with Gasteiger partial charge in [0.05, 0.1) is 11.5 Å². The highest BCUT2D eigenvalue weighted by atomic mass is 32.2. The van der Waals surface area contributed by atoms with Crippen molar-refractivity contribution < 1.29 is 28.2 Å². The van der Waals surface area contributed by atoms with Crippen LogP contribution < -0.4 is 9.46 Å². The van der Waals surface area contributed by atoms with Crippen molar-refractivity contribution in [3.05, 3.63) is 23.8 Å². The number of ether oxygens (including phenoxy) is 1. The van der Waals surface area contributed by atoms with Crippen molar-refractivity contribution in [2.75, 3.05) is 13.2 Å². The molecule has 0 spiro atoms. The SMILES string of the molecule is CCOc1ccc(S(=O)(=O)NCC(O)C(=O)O)cc1C. The molecule has 1 atom stereocenters. The lowest BCUT2D eigenvalue weighted by atomic mass is 10.2. The molecule has 0 bridgehead atoms. The quantitative estimate of drug-likeness (QED) is 0.659. The first-order chi connectivity index (χ1) is 9.27. The Kier molecular flexibility index (Phi) is 5.49. The van der Waals surface area contributed by atoms with Crippen LogP contribution in [-0.2, 0) is 14.8 Å². The summed E-state index contributed by atoms with van der Waals surface area (Å²) < 4.78 is 31.2. The van der Waals surface area contributed by atoms with E-state index in [9.17, 15) is 13.2 Å². The van der Waals surface area contributed by atoms with E-state index in [1.54, 1.807) is 6.92 Å². The maximum Gasteiger partial charge on any atom is 0.333 e. The Morgan fingerprint density at radius 1 is 1.45 bits per heavy atom. The fraction of sp³-hybridized carbons (Fsp3) is 0.417. The highest BCUT2D eigenvalue weighted by molar-refractivity contribution is 7.89. The number of aliphatic hydroxyl groups excluding tert-OH is 1. The summed E-state index contributed by atoms with van der Waals surface area (Å²) in [6.45, 7) is 3.40. The van der Waals surface area contributed by atoms with Crippen LogP contribution >= 0.6 is 0 Å².